The van der Waals surface area contributed by atoms with Crippen LogP contribution in [0.1, 0.15) is 65.2 Å². The minimum atomic E-state index is -0.536. The lowest BCUT2D eigenvalue weighted by molar-refractivity contribution is -0.0736. The third-order valence-electron chi connectivity index (χ3n) is 9.19. The first-order valence-corrected chi connectivity index (χ1v) is 11.0. The smallest absolute Gasteiger partial charge is 0.0855 e. The zero-order valence-corrected chi connectivity index (χ0v) is 16.5. The zero-order chi connectivity index (χ0) is 18.1. The number of allylic oxidation sites excluding steroid dienone is 3. The molecule has 5 aliphatic rings. The molecule has 4 aliphatic carbocycles. The SMILES string of the molecule is C[C@]12C(=CC[C@@H]3[C@@H]1CC[C@]1(C)[C@@H](O)[C@H](O)C[C@@H]31)CCC=C2N1CCCC1. The van der Waals surface area contributed by atoms with E-state index >= 15 is 0 Å². The van der Waals surface area contributed by atoms with Crippen molar-refractivity contribution in [1.29, 1.82) is 0 Å². The van der Waals surface area contributed by atoms with Gasteiger partial charge in [0.1, 0.15) is 0 Å². The fourth-order valence-electron chi connectivity index (χ4n) is 7.76. The summed E-state index contributed by atoms with van der Waals surface area (Å²) in [4.78, 5) is 2.68. The third kappa shape index (κ3) is 2.13. The second-order valence-electron chi connectivity index (χ2n) is 10.2. The van der Waals surface area contributed by atoms with Crippen LogP contribution in [0.4, 0.5) is 0 Å². The van der Waals surface area contributed by atoms with Crippen LogP contribution < -0.4 is 0 Å². The Morgan fingerprint density at radius 2 is 1.85 bits per heavy atom. The highest BCUT2D eigenvalue weighted by Gasteiger charge is 2.61. The van der Waals surface area contributed by atoms with Crippen LogP contribution in [0.2, 0.25) is 0 Å². The molecule has 26 heavy (non-hydrogen) atoms. The molecule has 5 rings (SSSR count). The summed E-state index contributed by atoms with van der Waals surface area (Å²) in [5, 5.41) is 21.1. The molecule has 3 nitrogen and oxygen atoms in total. The molecule has 0 aromatic carbocycles. The molecule has 0 bridgehead atoms. The van der Waals surface area contributed by atoms with Gasteiger partial charge in [0.2, 0.25) is 0 Å². The van der Waals surface area contributed by atoms with Gasteiger partial charge < -0.3 is 15.1 Å². The fraction of sp³-hybridized carbons (Fsp3) is 0.826. The summed E-state index contributed by atoms with van der Waals surface area (Å²) in [6.45, 7) is 7.23. The first-order valence-electron chi connectivity index (χ1n) is 11.0. The van der Waals surface area contributed by atoms with Gasteiger partial charge in [0, 0.05) is 24.2 Å². The van der Waals surface area contributed by atoms with E-state index in [2.05, 4.69) is 30.9 Å². The van der Waals surface area contributed by atoms with Crippen molar-refractivity contribution in [3.8, 4) is 0 Å². The van der Waals surface area contributed by atoms with Crippen LogP contribution in [-0.4, -0.2) is 40.4 Å². The van der Waals surface area contributed by atoms with E-state index in [4.69, 9.17) is 0 Å². The number of nitrogens with zero attached hydrogens (tertiary/aromatic N) is 1. The van der Waals surface area contributed by atoms with E-state index in [9.17, 15) is 10.2 Å². The van der Waals surface area contributed by atoms with Crippen LogP contribution >= 0.6 is 0 Å². The Labute approximate surface area is 158 Å². The lowest BCUT2D eigenvalue weighted by atomic mass is 9.48. The normalized spacial score (nSPS) is 50.6. The van der Waals surface area contributed by atoms with E-state index in [-0.39, 0.29) is 10.8 Å². The minimum absolute atomic E-state index is 0.0888. The molecule has 2 N–H and O–H groups in total. The van der Waals surface area contributed by atoms with Crippen molar-refractivity contribution in [2.75, 3.05) is 13.1 Å². The second kappa shape index (κ2) is 5.85. The Morgan fingerprint density at radius 1 is 1.08 bits per heavy atom. The van der Waals surface area contributed by atoms with Crippen LogP contribution in [0.3, 0.4) is 0 Å². The molecule has 2 saturated carbocycles. The van der Waals surface area contributed by atoms with E-state index < -0.39 is 12.2 Å². The molecule has 7 atom stereocenters. The maximum atomic E-state index is 10.7. The molecular weight excluding hydrogens is 322 g/mol. The summed E-state index contributed by atoms with van der Waals surface area (Å²) in [7, 11) is 0. The Balaban J connectivity index is 1.54. The molecule has 144 valence electrons. The maximum Gasteiger partial charge on any atom is 0.0855 e. The van der Waals surface area contributed by atoms with Crippen molar-refractivity contribution in [2.24, 2.45) is 28.6 Å². The molecule has 0 spiro atoms. The van der Waals surface area contributed by atoms with E-state index in [0.29, 0.717) is 17.8 Å². The van der Waals surface area contributed by atoms with Gasteiger partial charge in [-0.25, -0.2) is 0 Å². The Hall–Kier alpha value is -0.800. The standard InChI is InChI=1S/C23H35NO2/c1-22-11-10-17-16(18(22)14-19(25)21(22)26)9-8-15-6-5-7-20(23(15,17)2)24-12-3-4-13-24/h7-8,16-19,21,25-26H,3-6,9-14H2,1-2H3/t16-,17+,18+,19-,21+,22+,23+/m1/s1. The number of aliphatic hydroxyl groups is 2. The summed E-state index contributed by atoms with van der Waals surface area (Å²) < 4.78 is 0. The minimum Gasteiger partial charge on any atom is -0.390 e. The van der Waals surface area contributed by atoms with Crippen molar-refractivity contribution in [3.05, 3.63) is 23.4 Å². The molecule has 0 radical (unpaired) electrons. The van der Waals surface area contributed by atoms with Crippen LogP contribution in [0.25, 0.3) is 0 Å². The largest absolute Gasteiger partial charge is 0.390 e. The number of hydrogen-bond acceptors (Lipinski definition) is 3. The van der Waals surface area contributed by atoms with Crippen LogP contribution in [0.15, 0.2) is 23.4 Å². The molecular formula is C23H35NO2. The summed E-state index contributed by atoms with van der Waals surface area (Å²) in [6, 6.07) is 0. The van der Waals surface area contributed by atoms with Gasteiger partial charge in [-0.2, -0.15) is 0 Å². The lowest BCUT2D eigenvalue weighted by Gasteiger charge is -2.58. The maximum absolute atomic E-state index is 10.7. The number of hydrogen-bond donors (Lipinski definition) is 2. The monoisotopic (exact) mass is 357 g/mol. The molecule has 0 aromatic rings. The van der Waals surface area contributed by atoms with Gasteiger partial charge >= 0.3 is 0 Å². The van der Waals surface area contributed by atoms with Gasteiger partial charge in [-0.15, -0.1) is 0 Å². The number of likely N-dealkylation sites (tertiary alicyclic amines) is 1. The molecule has 3 fully saturated rings. The Kier molecular flexibility index (Phi) is 3.89. The van der Waals surface area contributed by atoms with Gasteiger partial charge in [0.15, 0.2) is 0 Å². The van der Waals surface area contributed by atoms with Gasteiger partial charge in [-0.05, 0) is 74.5 Å². The zero-order valence-electron chi connectivity index (χ0n) is 16.5. The van der Waals surface area contributed by atoms with E-state index in [0.717, 1.165) is 19.3 Å². The molecule has 1 heterocycles. The Morgan fingerprint density at radius 3 is 2.62 bits per heavy atom. The highest BCUT2D eigenvalue weighted by Crippen LogP contribution is 2.65. The second-order valence-corrected chi connectivity index (χ2v) is 10.2. The van der Waals surface area contributed by atoms with E-state index in [1.54, 1.807) is 11.3 Å². The summed E-state index contributed by atoms with van der Waals surface area (Å²) in [5.41, 5.74) is 3.40. The molecule has 3 heteroatoms. The molecule has 0 unspecified atom stereocenters. The first-order chi connectivity index (χ1) is 12.5. The highest BCUT2D eigenvalue weighted by atomic mass is 16.3. The van der Waals surface area contributed by atoms with Crippen molar-refractivity contribution in [1.82, 2.24) is 4.90 Å². The molecule has 1 aliphatic heterocycles. The predicted molar refractivity (Wildman–Crippen MR) is 103 cm³/mol. The van der Waals surface area contributed by atoms with Crippen LogP contribution in [0.5, 0.6) is 0 Å². The number of aliphatic hydroxyl groups excluding tert-OH is 2. The predicted octanol–water partition coefficient (Wildman–Crippen LogP) is 3.87. The molecule has 1 saturated heterocycles. The van der Waals surface area contributed by atoms with Gasteiger partial charge in [0.05, 0.1) is 12.2 Å². The Bertz CT molecular complexity index is 649. The number of fused-ring (bicyclic) bond motifs is 5. The van der Waals surface area contributed by atoms with Gasteiger partial charge in [0.25, 0.3) is 0 Å². The van der Waals surface area contributed by atoms with Crippen molar-refractivity contribution in [2.45, 2.75) is 77.4 Å². The first kappa shape index (κ1) is 17.3. The van der Waals surface area contributed by atoms with Crippen LogP contribution in [0, 0.1) is 28.6 Å². The summed E-state index contributed by atoms with van der Waals surface area (Å²) in [5.74, 6) is 1.74. The van der Waals surface area contributed by atoms with Crippen molar-refractivity contribution >= 4 is 0 Å². The third-order valence-corrected chi connectivity index (χ3v) is 9.19. The molecule has 0 aromatic heterocycles. The van der Waals surface area contributed by atoms with Gasteiger partial charge in [-0.1, -0.05) is 31.6 Å². The lowest BCUT2D eigenvalue weighted by Crippen LogP contribution is -2.52. The van der Waals surface area contributed by atoms with Crippen LogP contribution in [-0.2, 0) is 0 Å². The number of rotatable bonds is 1. The average molecular weight is 358 g/mol. The van der Waals surface area contributed by atoms with Crippen molar-refractivity contribution in [3.63, 3.8) is 0 Å². The molecule has 0 amide bonds. The van der Waals surface area contributed by atoms with E-state index in [1.165, 1.54) is 45.2 Å². The van der Waals surface area contributed by atoms with Gasteiger partial charge in [-0.3, -0.25) is 0 Å². The average Bonchev–Trinajstić information content (AvgIpc) is 3.23. The quantitative estimate of drug-likeness (QED) is 0.700. The van der Waals surface area contributed by atoms with Crippen molar-refractivity contribution < 1.29 is 10.2 Å². The fourth-order valence-corrected chi connectivity index (χ4v) is 7.76. The van der Waals surface area contributed by atoms with E-state index in [1.807, 2.05) is 0 Å². The summed E-state index contributed by atoms with van der Waals surface area (Å²) >= 11 is 0. The summed E-state index contributed by atoms with van der Waals surface area (Å²) in [6.07, 6.45) is 13.3. The topological polar surface area (TPSA) is 43.7 Å². The highest BCUT2D eigenvalue weighted by molar-refractivity contribution is 5.37.